The maximum atomic E-state index is 11.4. The number of hydrogen-bond donors (Lipinski definition) is 0. The third-order valence-electron chi connectivity index (χ3n) is 1.97. The van der Waals surface area contributed by atoms with Crippen molar-refractivity contribution in [1.29, 1.82) is 0 Å². The predicted octanol–water partition coefficient (Wildman–Crippen LogP) is 2.34. The van der Waals surface area contributed by atoms with Crippen LogP contribution in [-0.4, -0.2) is 5.78 Å². The van der Waals surface area contributed by atoms with Crippen LogP contribution in [0.25, 0.3) is 0 Å². The van der Waals surface area contributed by atoms with Crippen LogP contribution in [0.15, 0.2) is 24.3 Å². The maximum Gasteiger partial charge on any atom is 0.143 e. The maximum absolute atomic E-state index is 11.4. The van der Waals surface area contributed by atoms with E-state index in [1.165, 1.54) is 0 Å². The molecule has 0 amide bonds. The molecule has 1 rings (SSSR count). The molecule has 1 unspecified atom stereocenters. The molecule has 0 N–H and O–H groups in total. The predicted molar refractivity (Wildman–Crippen MR) is 46.2 cm³/mol. The lowest BCUT2D eigenvalue weighted by molar-refractivity contribution is -0.121. The van der Waals surface area contributed by atoms with Crippen LogP contribution in [0.4, 0.5) is 0 Å². The lowest BCUT2D eigenvalue weighted by atomic mass is 9.90. The van der Waals surface area contributed by atoms with Gasteiger partial charge in [0.25, 0.3) is 0 Å². The first-order chi connectivity index (χ1) is 5.22. The Morgan fingerprint density at radius 3 is 2.82 bits per heavy atom. The second kappa shape index (κ2) is 3.51. The van der Waals surface area contributed by atoms with E-state index < -0.39 is 0 Å². The molecule has 0 aliphatic heterocycles. The second-order valence-corrected chi connectivity index (χ2v) is 3.25. The van der Waals surface area contributed by atoms with Gasteiger partial charge < -0.3 is 0 Å². The highest BCUT2D eigenvalue weighted by atomic mass is 16.1. The van der Waals surface area contributed by atoms with E-state index in [2.05, 4.69) is 13.8 Å². The van der Waals surface area contributed by atoms with Crippen LogP contribution in [-0.2, 0) is 4.79 Å². The minimum Gasteiger partial charge on any atom is -0.299 e. The van der Waals surface area contributed by atoms with Crippen molar-refractivity contribution in [3.05, 3.63) is 24.3 Å². The standard InChI is InChI=1S/C10H14O/c1-8(2)9-6-4-3-5-7-10(9)11/h3-6,8-9H,7H2,1-2H3. The van der Waals surface area contributed by atoms with Crippen LogP contribution in [0.2, 0.25) is 0 Å². The SMILES string of the molecule is CC(C)C1C=CC=CCC1=O. The molecule has 1 nitrogen and oxygen atoms in total. The van der Waals surface area contributed by atoms with Gasteiger partial charge in [0.15, 0.2) is 0 Å². The van der Waals surface area contributed by atoms with Crippen molar-refractivity contribution in [3.8, 4) is 0 Å². The van der Waals surface area contributed by atoms with Gasteiger partial charge in [-0.05, 0) is 5.92 Å². The summed E-state index contributed by atoms with van der Waals surface area (Å²) in [6, 6.07) is 0. The molecular weight excluding hydrogens is 136 g/mol. The van der Waals surface area contributed by atoms with Gasteiger partial charge >= 0.3 is 0 Å². The van der Waals surface area contributed by atoms with Crippen molar-refractivity contribution in [2.75, 3.05) is 0 Å². The highest BCUT2D eigenvalue weighted by molar-refractivity contribution is 5.84. The summed E-state index contributed by atoms with van der Waals surface area (Å²) in [5.74, 6) is 0.897. The first-order valence-electron chi connectivity index (χ1n) is 4.08. The average molecular weight is 150 g/mol. The Labute approximate surface area is 67.8 Å². The minimum absolute atomic E-state index is 0.130. The summed E-state index contributed by atoms with van der Waals surface area (Å²) in [4.78, 5) is 11.4. The molecule has 0 saturated carbocycles. The van der Waals surface area contributed by atoms with Crippen LogP contribution in [0.5, 0.6) is 0 Å². The average Bonchev–Trinajstić information content (AvgIpc) is 2.13. The lowest BCUT2D eigenvalue weighted by Crippen LogP contribution is -2.16. The Morgan fingerprint density at radius 2 is 2.18 bits per heavy atom. The van der Waals surface area contributed by atoms with Gasteiger partial charge in [-0.25, -0.2) is 0 Å². The largest absolute Gasteiger partial charge is 0.299 e. The molecule has 0 aromatic carbocycles. The molecule has 0 saturated heterocycles. The molecule has 0 spiro atoms. The lowest BCUT2D eigenvalue weighted by Gasteiger charge is -2.12. The van der Waals surface area contributed by atoms with Crippen molar-refractivity contribution in [2.24, 2.45) is 11.8 Å². The summed E-state index contributed by atoms with van der Waals surface area (Å²) in [6.45, 7) is 4.16. The fraction of sp³-hybridized carbons (Fsp3) is 0.500. The third-order valence-corrected chi connectivity index (χ3v) is 1.97. The Morgan fingerprint density at radius 1 is 1.45 bits per heavy atom. The second-order valence-electron chi connectivity index (χ2n) is 3.25. The first-order valence-corrected chi connectivity index (χ1v) is 4.08. The Bertz CT molecular complexity index is 199. The number of Topliss-reactive ketones (excluding diaryl/α,β-unsaturated/α-hetero) is 1. The van der Waals surface area contributed by atoms with E-state index in [9.17, 15) is 4.79 Å². The summed E-state index contributed by atoms with van der Waals surface area (Å²) in [6.07, 6.45) is 8.42. The van der Waals surface area contributed by atoms with Crippen LogP contribution >= 0.6 is 0 Å². The zero-order valence-electron chi connectivity index (χ0n) is 7.08. The van der Waals surface area contributed by atoms with Gasteiger partial charge in [0, 0.05) is 12.3 Å². The summed E-state index contributed by atoms with van der Waals surface area (Å²) >= 11 is 0. The van der Waals surface area contributed by atoms with Crippen LogP contribution in [0, 0.1) is 11.8 Å². The van der Waals surface area contributed by atoms with Crippen LogP contribution in [0.1, 0.15) is 20.3 Å². The summed E-state index contributed by atoms with van der Waals surface area (Å²) in [5.41, 5.74) is 0. The van der Waals surface area contributed by atoms with E-state index in [1.54, 1.807) is 0 Å². The van der Waals surface area contributed by atoms with Crippen molar-refractivity contribution in [1.82, 2.24) is 0 Å². The number of hydrogen-bond acceptors (Lipinski definition) is 1. The van der Waals surface area contributed by atoms with Crippen molar-refractivity contribution in [3.63, 3.8) is 0 Å². The zero-order chi connectivity index (χ0) is 8.27. The van der Waals surface area contributed by atoms with Gasteiger partial charge in [-0.1, -0.05) is 38.2 Å². The normalized spacial score (nSPS) is 24.3. The molecule has 1 heteroatoms. The molecular formula is C10H14O. The molecule has 0 heterocycles. The smallest absolute Gasteiger partial charge is 0.143 e. The topological polar surface area (TPSA) is 17.1 Å². The van der Waals surface area contributed by atoms with Gasteiger partial charge in [0.05, 0.1) is 0 Å². The molecule has 1 atom stereocenters. The molecule has 0 bridgehead atoms. The van der Waals surface area contributed by atoms with Crippen LogP contribution in [0.3, 0.4) is 0 Å². The van der Waals surface area contributed by atoms with E-state index in [0.717, 1.165) is 0 Å². The van der Waals surface area contributed by atoms with Gasteiger partial charge in [0.2, 0.25) is 0 Å². The number of ketones is 1. The molecule has 1 aliphatic carbocycles. The molecule has 0 radical (unpaired) electrons. The Balaban J connectivity index is 2.72. The monoisotopic (exact) mass is 150 g/mol. The highest BCUT2D eigenvalue weighted by Gasteiger charge is 2.18. The summed E-state index contributed by atoms with van der Waals surface area (Å²) in [7, 11) is 0. The number of allylic oxidation sites excluding steroid dienone is 4. The van der Waals surface area contributed by atoms with Crippen molar-refractivity contribution in [2.45, 2.75) is 20.3 Å². The summed E-state index contributed by atoms with van der Waals surface area (Å²) in [5, 5.41) is 0. The van der Waals surface area contributed by atoms with Crippen molar-refractivity contribution < 1.29 is 4.79 Å². The molecule has 60 valence electrons. The van der Waals surface area contributed by atoms with Gasteiger partial charge in [-0.2, -0.15) is 0 Å². The van der Waals surface area contributed by atoms with Crippen molar-refractivity contribution >= 4 is 5.78 Å². The zero-order valence-corrected chi connectivity index (χ0v) is 7.08. The molecule has 0 fully saturated rings. The molecule has 11 heavy (non-hydrogen) atoms. The van der Waals surface area contributed by atoms with E-state index in [4.69, 9.17) is 0 Å². The van der Waals surface area contributed by atoms with Gasteiger partial charge in [-0.15, -0.1) is 0 Å². The molecule has 0 aromatic rings. The van der Waals surface area contributed by atoms with E-state index in [1.807, 2.05) is 24.3 Å². The first kappa shape index (κ1) is 8.25. The number of rotatable bonds is 1. The highest BCUT2D eigenvalue weighted by Crippen LogP contribution is 2.17. The minimum atomic E-state index is 0.130. The number of carbonyl (C=O) groups is 1. The van der Waals surface area contributed by atoms with E-state index >= 15 is 0 Å². The fourth-order valence-corrected chi connectivity index (χ4v) is 1.28. The van der Waals surface area contributed by atoms with E-state index in [-0.39, 0.29) is 5.92 Å². The third kappa shape index (κ3) is 2.04. The summed E-state index contributed by atoms with van der Waals surface area (Å²) < 4.78 is 0. The Hall–Kier alpha value is -0.850. The van der Waals surface area contributed by atoms with Gasteiger partial charge in [0.1, 0.15) is 5.78 Å². The molecule has 0 aromatic heterocycles. The van der Waals surface area contributed by atoms with Crippen LogP contribution < -0.4 is 0 Å². The fourth-order valence-electron chi connectivity index (χ4n) is 1.28. The Kier molecular flexibility index (Phi) is 2.64. The molecule has 1 aliphatic rings. The number of carbonyl (C=O) groups excluding carboxylic acids is 1. The van der Waals surface area contributed by atoms with Gasteiger partial charge in [-0.3, -0.25) is 4.79 Å². The van der Waals surface area contributed by atoms with E-state index in [0.29, 0.717) is 18.1 Å². The quantitative estimate of drug-likeness (QED) is 0.560.